The number of aryl methyl sites for hydroxylation is 1. The van der Waals surface area contributed by atoms with Crippen LogP contribution in [-0.4, -0.2) is 17.7 Å². The topological polar surface area (TPSA) is 46.5 Å². The third-order valence-corrected chi connectivity index (χ3v) is 2.35. The molecule has 82 valence electrons. The largest absolute Gasteiger partial charge is 0.508 e. The lowest BCUT2D eigenvalue weighted by Crippen LogP contribution is -2.07. The first kappa shape index (κ1) is 11.6. The van der Waals surface area contributed by atoms with Crippen LogP contribution in [-0.2, 0) is 16.0 Å². The molecule has 0 aliphatic carbocycles. The van der Waals surface area contributed by atoms with Crippen LogP contribution in [0.5, 0.6) is 5.75 Å². The SMILES string of the molecule is CCOC(=O)Cc1cc(C)c(C)c(O)c1. The Morgan fingerprint density at radius 2 is 2.07 bits per heavy atom. The van der Waals surface area contributed by atoms with Gasteiger partial charge >= 0.3 is 5.97 Å². The van der Waals surface area contributed by atoms with E-state index in [1.807, 2.05) is 19.9 Å². The number of rotatable bonds is 3. The molecule has 0 saturated heterocycles. The molecule has 1 aromatic carbocycles. The molecule has 0 amide bonds. The third kappa shape index (κ3) is 2.98. The van der Waals surface area contributed by atoms with E-state index >= 15 is 0 Å². The standard InChI is InChI=1S/C12H16O3/c1-4-15-12(14)7-10-5-8(2)9(3)11(13)6-10/h5-6,13H,4,7H2,1-3H3. The number of hydrogen-bond acceptors (Lipinski definition) is 3. The molecule has 0 saturated carbocycles. The van der Waals surface area contributed by atoms with Crippen molar-refractivity contribution in [2.75, 3.05) is 6.61 Å². The van der Waals surface area contributed by atoms with E-state index in [9.17, 15) is 9.90 Å². The molecular weight excluding hydrogens is 192 g/mol. The van der Waals surface area contributed by atoms with Crippen LogP contribution in [0.2, 0.25) is 0 Å². The Labute approximate surface area is 89.7 Å². The number of aromatic hydroxyl groups is 1. The minimum absolute atomic E-state index is 0.211. The minimum atomic E-state index is -0.264. The smallest absolute Gasteiger partial charge is 0.310 e. The molecule has 0 heterocycles. The number of carbonyl (C=O) groups excluding carboxylic acids is 1. The predicted molar refractivity (Wildman–Crippen MR) is 57.9 cm³/mol. The number of carbonyl (C=O) groups is 1. The Balaban J connectivity index is 2.83. The fraction of sp³-hybridized carbons (Fsp3) is 0.417. The van der Waals surface area contributed by atoms with E-state index in [4.69, 9.17) is 4.74 Å². The zero-order valence-corrected chi connectivity index (χ0v) is 9.33. The average Bonchev–Trinajstić information content (AvgIpc) is 2.14. The maximum absolute atomic E-state index is 11.2. The van der Waals surface area contributed by atoms with Gasteiger partial charge in [0.1, 0.15) is 5.75 Å². The number of ether oxygens (including phenoxy) is 1. The Hall–Kier alpha value is -1.51. The summed E-state index contributed by atoms with van der Waals surface area (Å²) in [4.78, 5) is 11.2. The first-order valence-corrected chi connectivity index (χ1v) is 4.99. The summed E-state index contributed by atoms with van der Waals surface area (Å²) >= 11 is 0. The highest BCUT2D eigenvalue weighted by Crippen LogP contribution is 2.22. The molecule has 1 rings (SSSR count). The Kier molecular flexibility index (Phi) is 3.72. The highest BCUT2D eigenvalue weighted by atomic mass is 16.5. The van der Waals surface area contributed by atoms with Gasteiger partial charge in [0.2, 0.25) is 0 Å². The summed E-state index contributed by atoms with van der Waals surface area (Å²) in [5, 5.41) is 9.57. The van der Waals surface area contributed by atoms with Crippen LogP contribution in [0.25, 0.3) is 0 Å². The molecule has 1 N–H and O–H groups in total. The highest BCUT2D eigenvalue weighted by molar-refractivity contribution is 5.73. The van der Waals surface area contributed by atoms with Gasteiger partial charge < -0.3 is 9.84 Å². The van der Waals surface area contributed by atoms with Crippen LogP contribution < -0.4 is 0 Å². The molecule has 15 heavy (non-hydrogen) atoms. The van der Waals surface area contributed by atoms with E-state index in [1.54, 1.807) is 13.0 Å². The fourth-order valence-electron chi connectivity index (χ4n) is 1.39. The van der Waals surface area contributed by atoms with Crippen molar-refractivity contribution in [1.82, 2.24) is 0 Å². The lowest BCUT2D eigenvalue weighted by atomic mass is 10.0. The molecule has 0 spiro atoms. The second-order valence-corrected chi connectivity index (χ2v) is 3.54. The normalized spacial score (nSPS) is 10.1. The van der Waals surface area contributed by atoms with Gasteiger partial charge in [0.25, 0.3) is 0 Å². The van der Waals surface area contributed by atoms with E-state index in [0.717, 1.165) is 16.7 Å². The van der Waals surface area contributed by atoms with Gasteiger partial charge in [-0.3, -0.25) is 4.79 Å². The first-order valence-electron chi connectivity index (χ1n) is 4.99. The zero-order chi connectivity index (χ0) is 11.4. The van der Waals surface area contributed by atoms with Crippen molar-refractivity contribution in [1.29, 1.82) is 0 Å². The Morgan fingerprint density at radius 1 is 1.40 bits per heavy atom. The summed E-state index contributed by atoms with van der Waals surface area (Å²) in [5.74, 6) is -0.0329. The van der Waals surface area contributed by atoms with Gasteiger partial charge in [0.05, 0.1) is 13.0 Å². The van der Waals surface area contributed by atoms with Crippen LogP contribution in [0.3, 0.4) is 0 Å². The van der Waals surface area contributed by atoms with Crippen LogP contribution in [0.4, 0.5) is 0 Å². The lowest BCUT2D eigenvalue weighted by Gasteiger charge is -2.07. The summed E-state index contributed by atoms with van der Waals surface area (Å²) in [6, 6.07) is 3.51. The van der Waals surface area contributed by atoms with Crippen molar-refractivity contribution < 1.29 is 14.6 Å². The van der Waals surface area contributed by atoms with Crippen molar-refractivity contribution >= 4 is 5.97 Å². The predicted octanol–water partition coefficient (Wildman–Crippen LogP) is 2.11. The van der Waals surface area contributed by atoms with Crippen LogP contribution in [0, 0.1) is 13.8 Å². The summed E-state index contributed by atoms with van der Waals surface area (Å²) < 4.78 is 4.84. The van der Waals surface area contributed by atoms with Crippen LogP contribution in [0.1, 0.15) is 23.6 Å². The van der Waals surface area contributed by atoms with E-state index in [1.165, 1.54) is 0 Å². The van der Waals surface area contributed by atoms with E-state index < -0.39 is 0 Å². The van der Waals surface area contributed by atoms with Gasteiger partial charge in [0, 0.05) is 0 Å². The van der Waals surface area contributed by atoms with Crippen molar-refractivity contribution in [2.45, 2.75) is 27.2 Å². The third-order valence-electron chi connectivity index (χ3n) is 2.35. The quantitative estimate of drug-likeness (QED) is 0.774. The van der Waals surface area contributed by atoms with Crippen molar-refractivity contribution in [2.24, 2.45) is 0 Å². The second-order valence-electron chi connectivity index (χ2n) is 3.54. The molecule has 0 unspecified atom stereocenters. The van der Waals surface area contributed by atoms with Gasteiger partial charge in [-0.1, -0.05) is 6.07 Å². The van der Waals surface area contributed by atoms with Gasteiger partial charge in [-0.2, -0.15) is 0 Å². The maximum atomic E-state index is 11.2. The summed E-state index contributed by atoms with van der Waals surface area (Å²) in [5.41, 5.74) is 2.62. The molecule has 0 fully saturated rings. The molecule has 0 aliphatic rings. The molecule has 0 atom stereocenters. The number of benzene rings is 1. The fourth-order valence-corrected chi connectivity index (χ4v) is 1.39. The van der Waals surface area contributed by atoms with Gasteiger partial charge in [-0.15, -0.1) is 0 Å². The number of hydrogen-bond donors (Lipinski definition) is 1. The van der Waals surface area contributed by atoms with E-state index in [-0.39, 0.29) is 18.1 Å². The molecule has 3 heteroatoms. The molecule has 1 aromatic rings. The molecule has 0 radical (unpaired) electrons. The van der Waals surface area contributed by atoms with Gasteiger partial charge in [-0.25, -0.2) is 0 Å². The Bertz CT molecular complexity index is 346. The number of esters is 1. The highest BCUT2D eigenvalue weighted by Gasteiger charge is 2.07. The average molecular weight is 208 g/mol. The maximum Gasteiger partial charge on any atom is 0.310 e. The first-order chi connectivity index (χ1) is 7.04. The number of phenolic OH excluding ortho intramolecular Hbond substituents is 1. The summed E-state index contributed by atoms with van der Waals surface area (Å²) in [6.07, 6.45) is 0.211. The lowest BCUT2D eigenvalue weighted by molar-refractivity contribution is -0.142. The van der Waals surface area contributed by atoms with E-state index in [0.29, 0.717) is 6.61 Å². The minimum Gasteiger partial charge on any atom is -0.508 e. The second kappa shape index (κ2) is 4.82. The molecule has 0 aliphatic heterocycles. The summed E-state index contributed by atoms with van der Waals surface area (Å²) in [7, 11) is 0. The molecular formula is C12H16O3. The van der Waals surface area contributed by atoms with Crippen molar-refractivity contribution in [3.63, 3.8) is 0 Å². The van der Waals surface area contributed by atoms with Crippen molar-refractivity contribution in [3.8, 4) is 5.75 Å². The molecule has 3 nitrogen and oxygen atoms in total. The molecule has 0 bridgehead atoms. The zero-order valence-electron chi connectivity index (χ0n) is 9.33. The van der Waals surface area contributed by atoms with Gasteiger partial charge in [0.15, 0.2) is 0 Å². The number of phenols is 1. The van der Waals surface area contributed by atoms with Gasteiger partial charge in [-0.05, 0) is 43.5 Å². The van der Waals surface area contributed by atoms with Crippen LogP contribution >= 0.6 is 0 Å². The van der Waals surface area contributed by atoms with E-state index in [2.05, 4.69) is 0 Å². The molecule has 0 aromatic heterocycles. The monoisotopic (exact) mass is 208 g/mol. The summed E-state index contributed by atoms with van der Waals surface area (Å²) in [6.45, 7) is 5.91. The van der Waals surface area contributed by atoms with Crippen molar-refractivity contribution in [3.05, 3.63) is 28.8 Å². The Morgan fingerprint density at radius 3 is 2.60 bits per heavy atom. The van der Waals surface area contributed by atoms with Crippen LogP contribution in [0.15, 0.2) is 12.1 Å².